The highest BCUT2D eigenvalue weighted by Crippen LogP contribution is 2.24. The Bertz CT molecular complexity index is 1210. The van der Waals surface area contributed by atoms with Gasteiger partial charge in [-0.3, -0.25) is 4.79 Å². The molecule has 0 saturated carbocycles. The van der Waals surface area contributed by atoms with Crippen LogP contribution in [0, 0.1) is 0 Å². The summed E-state index contributed by atoms with van der Waals surface area (Å²) in [5, 5.41) is 9.32. The van der Waals surface area contributed by atoms with Crippen LogP contribution in [-0.4, -0.2) is 11.1 Å². The lowest BCUT2D eigenvalue weighted by molar-refractivity contribution is 0.0697. The van der Waals surface area contributed by atoms with E-state index < -0.39 is 5.97 Å². The van der Waals surface area contributed by atoms with Gasteiger partial charge in [-0.15, -0.1) is 0 Å². The monoisotopic (exact) mass is 388 g/mol. The molecule has 0 aliphatic heterocycles. The minimum absolute atomic E-state index is 0.107. The van der Waals surface area contributed by atoms with Crippen LogP contribution in [0.3, 0.4) is 0 Å². The van der Waals surface area contributed by atoms with Crippen LogP contribution in [0.1, 0.15) is 15.9 Å². The van der Waals surface area contributed by atoms with E-state index >= 15 is 0 Å². The van der Waals surface area contributed by atoms with Gasteiger partial charge in [0.2, 0.25) is 11.2 Å². The number of para-hydroxylation sites is 1. The van der Waals surface area contributed by atoms with Crippen LogP contribution in [0.15, 0.2) is 88.3 Å². The largest absolute Gasteiger partial charge is 0.489 e. The fraction of sp³-hybridized carbons (Fsp3) is 0.0435. The van der Waals surface area contributed by atoms with Gasteiger partial charge in [-0.1, -0.05) is 30.3 Å². The molecule has 0 aliphatic rings. The molecule has 0 amide bonds. The van der Waals surface area contributed by atoms with Crippen LogP contribution in [-0.2, 0) is 6.61 Å². The number of aromatic carboxylic acids is 1. The highest BCUT2D eigenvalue weighted by Gasteiger charge is 2.10. The van der Waals surface area contributed by atoms with Gasteiger partial charge >= 0.3 is 5.97 Å². The van der Waals surface area contributed by atoms with Crippen molar-refractivity contribution in [2.45, 2.75) is 6.61 Å². The number of benzene rings is 3. The molecule has 1 heterocycles. The lowest BCUT2D eigenvalue weighted by atomic mass is 10.1. The quantitative estimate of drug-likeness (QED) is 0.508. The van der Waals surface area contributed by atoms with Crippen molar-refractivity contribution >= 4 is 16.9 Å². The van der Waals surface area contributed by atoms with Crippen molar-refractivity contribution < 1.29 is 23.8 Å². The average Bonchev–Trinajstić information content (AvgIpc) is 2.75. The van der Waals surface area contributed by atoms with E-state index in [0.717, 1.165) is 5.56 Å². The van der Waals surface area contributed by atoms with Crippen molar-refractivity contribution in [3.05, 3.63) is 100 Å². The second-order valence-electron chi connectivity index (χ2n) is 6.29. The van der Waals surface area contributed by atoms with Gasteiger partial charge in [0.15, 0.2) is 0 Å². The predicted octanol–water partition coefficient (Wildman–Crippen LogP) is 4.86. The fourth-order valence-corrected chi connectivity index (χ4v) is 2.78. The summed E-state index contributed by atoms with van der Waals surface area (Å²) in [6.07, 6.45) is 1.28. The van der Waals surface area contributed by atoms with Gasteiger partial charge in [0.05, 0.1) is 10.9 Å². The van der Waals surface area contributed by atoms with Gasteiger partial charge in [0, 0.05) is 6.07 Å². The number of hydrogen-bond donors (Lipinski definition) is 1. The Morgan fingerprint density at radius 1 is 0.931 bits per heavy atom. The minimum Gasteiger partial charge on any atom is -0.489 e. The minimum atomic E-state index is -0.974. The molecular formula is C23H16O6. The van der Waals surface area contributed by atoms with Gasteiger partial charge in [-0.25, -0.2) is 4.79 Å². The molecule has 0 fully saturated rings. The summed E-state index contributed by atoms with van der Waals surface area (Å²) < 4.78 is 16.9. The number of rotatable bonds is 6. The standard InChI is InChI=1S/C23H16O6/c24-22-19-11-10-18(27-13-15-6-8-16(9-7-15)23(25)26)12-20(19)28-14-21(22)29-17-4-2-1-3-5-17/h1-12,14H,13H2,(H,25,26). The van der Waals surface area contributed by atoms with Gasteiger partial charge < -0.3 is 19.0 Å². The number of ether oxygens (including phenoxy) is 2. The molecule has 0 radical (unpaired) electrons. The highest BCUT2D eigenvalue weighted by atomic mass is 16.5. The van der Waals surface area contributed by atoms with Crippen LogP contribution in [0.5, 0.6) is 17.2 Å². The molecule has 29 heavy (non-hydrogen) atoms. The van der Waals surface area contributed by atoms with Crippen molar-refractivity contribution in [3.63, 3.8) is 0 Å². The number of carboxylic acid groups (broad SMARTS) is 1. The molecule has 0 aliphatic carbocycles. The Labute approximate surface area is 165 Å². The molecule has 3 aromatic carbocycles. The van der Waals surface area contributed by atoms with E-state index in [-0.39, 0.29) is 23.3 Å². The Morgan fingerprint density at radius 2 is 1.69 bits per heavy atom. The van der Waals surface area contributed by atoms with Crippen LogP contribution < -0.4 is 14.9 Å². The topological polar surface area (TPSA) is 86.0 Å². The van der Waals surface area contributed by atoms with E-state index in [4.69, 9.17) is 19.0 Å². The molecule has 1 aromatic heterocycles. The number of fused-ring (bicyclic) bond motifs is 1. The molecular weight excluding hydrogens is 372 g/mol. The smallest absolute Gasteiger partial charge is 0.335 e. The van der Waals surface area contributed by atoms with E-state index in [2.05, 4.69) is 0 Å². The second kappa shape index (κ2) is 7.90. The van der Waals surface area contributed by atoms with E-state index in [0.29, 0.717) is 22.5 Å². The maximum absolute atomic E-state index is 12.6. The molecule has 1 N–H and O–H groups in total. The Hall–Kier alpha value is -4.06. The summed E-state index contributed by atoms with van der Waals surface area (Å²) in [5.74, 6) is 0.209. The maximum Gasteiger partial charge on any atom is 0.335 e. The normalized spacial score (nSPS) is 10.6. The number of carboxylic acids is 1. The van der Waals surface area contributed by atoms with Gasteiger partial charge in [0.25, 0.3) is 0 Å². The summed E-state index contributed by atoms with van der Waals surface area (Å²) >= 11 is 0. The molecule has 6 heteroatoms. The number of carbonyl (C=O) groups is 1. The van der Waals surface area contributed by atoms with Crippen LogP contribution in [0.4, 0.5) is 0 Å². The molecule has 0 atom stereocenters. The molecule has 0 spiro atoms. The van der Waals surface area contributed by atoms with Crippen molar-refractivity contribution in [2.75, 3.05) is 0 Å². The molecule has 0 saturated heterocycles. The first kappa shape index (κ1) is 18.3. The molecule has 6 nitrogen and oxygen atoms in total. The third-order valence-corrected chi connectivity index (χ3v) is 4.29. The summed E-state index contributed by atoms with van der Waals surface area (Å²) in [5.41, 5.74) is 1.15. The van der Waals surface area contributed by atoms with Crippen LogP contribution in [0.2, 0.25) is 0 Å². The summed E-state index contributed by atoms with van der Waals surface area (Å²) in [6.45, 7) is 0.255. The molecule has 0 unspecified atom stereocenters. The van der Waals surface area contributed by atoms with E-state index in [1.54, 1.807) is 42.5 Å². The second-order valence-corrected chi connectivity index (χ2v) is 6.29. The zero-order chi connectivity index (χ0) is 20.2. The Kier molecular flexibility index (Phi) is 4.99. The Balaban J connectivity index is 1.51. The van der Waals surface area contributed by atoms with Crippen LogP contribution >= 0.6 is 0 Å². The van der Waals surface area contributed by atoms with Gasteiger partial charge in [0.1, 0.15) is 30.0 Å². The van der Waals surface area contributed by atoms with E-state index in [9.17, 15) is 9.59 Å². The van der Waals surface area contributed by atoms with Crippen LogP contribution in [0.25, 0.3) is 11.0 Å². The maximum atomic E-state index is 12.6. The third kappa shape index (κ3) is 4.11. The van der Waals surface area contributed by atoms with Gasteiger partial charge in [-0.2, -0.15) is 0 Å². The Morgan fingerprint density at radius 3 is 2.41 bits per heavy atom. The highest BCUT2D eigenvalue weighted by molar-refractivity contribution is 5.87. The molecule has 4 aromatic rings. The first-order chi connectivity index (χ1) is 14.1. The van der Waals surface area contributed by atoms with Crippen molar-refractivity contribution in [1.29, 1.82) is 0 Å². The lowest BCUT2D eigenvalue weighted by Crippen LogP contribution is -2.05. The predicted molar refractivity (Wildman–Crippen MR) is 107 cm³/mol. The van der Waals surface area contributed by atoms with E-state index in [1.807, 2.05) is 18.2 Å². The van der Waals surface area contributed by atoms with E-state index in [1.165, 1.54) is 18.4 Å². The zero-order valence-corrected chi connectivity index (χ0v) is 15.2. The summed E-state index contributed by atoms with van der Waals surface area (Å²) in [6, 6.07) is 20.4. The first-order valence-corrected chi connectivity index (χ1v) is 8.84. The SMILES string of the molecule is O=C(O)c1ccc(COc2ccc3c(=O)c(Oc4ccccc4)coc3c2)cc1. The third-order valence-electron chi connectivity index (χ3n) is 4.29. The molecule has 4 rings (SSSR count). The first-order valence-electron chi connectivity index (χ1n) is 8.84. The fourth-order valence-electron chi connectivity index (χ4n) is 2.78. The zero-order valence-electron chi connectivity index (χ0n) is 15.2. The summed E-state index contributed by atoms with van der Waals surface area (Å²) in [7, 11) is 0. The average molecular weight is 388 g/mol. The molecule has 0 bridgehead atoms. The summed E-state index contributed by atoms with van der Waals surface area (Å²) in [4.78, 5) is 23.5. The lowest BCUT2D eigenvalue weighted by Gasteiger charge is -2.08. The molecule has 144 valence electrons. The van der Waals surface area contributed by atoms with Crippen molar-refractivity contribution in [1.82, 2.24) is 0 Å². The van der Waals surface area contributed by atoms with Crippen molar-refractivity contribution in [2.24, 2.45) is 0 Å². The van der Waals surface area contributed by atoms with Crippen molar-refractivity contribution in [3.8, 4) is 17.2 Å². The number of hydrogen-bond acceptors (Lipinski definition) is 5. The van der Waals surface area contributed by atoms with Gasteiger partial charge in [-0.05, 0) is 42.0 Å².